The largest absolute Gasteiger partial charge is 0.493 e. The van der Waals surface area contributed by atoms with Gasteiger partial charge in [0.25, 0.3) is 0 Å². The van der Waals surface area contributed by atoms with Gasteiger partial charge >= 0.3 is 0 Å². The highest BCUT2D eigenvalue weighted by Gasteiger charge is 2.20. The number of ether oxygens (including phenoxy) is 2. The van der Waals surface area contributed by atoms with Crippen molar-refractivity contribution < 1.29 is 17.9 Å². The zero-order chi connectivity index (χ0) is 17.0. The van der Waals surface area contributed by atoms with E-state index in [1.165, 1.54) is 26.4 Å². The van der Waals surface area contributed by atoms with Gasteiger partial charge in [0.05, 0.1) is 19.1 Å². The molecule has 0 fully saturated rings. The first kappa shape index (κ1) is 17.3. The van der Waals surface area contributed by atoms with Crippen molar-refractivity contribution in [1.29, 1.82) is 0 Å². The smallest absolute Gasteiger partial charge is 0.241 e. The van der Waals surface area contributed by atoms with E-state index in [4.69, 9.17) is 9.47 Å². The number of rotatable bonds is 6. The lowest BCUT2D eigenvalue weighted by Gasteiger charge is -2.16. The Bertz CT molecular complexity index is 770. The second-order valence-electron chi connectivity index (χ2n) is 5.27. The minimum atomic E-state index is -3.66. The van der Waals surface area contributed by atoms with Crippen molar-refractivity contribution in [3.05, 3.63) is 53.6 Å². The molecule has 0 spiro atoms. The Kier molecular flexibility index (Phi) is 5.28. The summed E-state index contributed by atoms with van der Waals surface area (Å²) in [5, 5.41) is 0. The molecule has 0 aromatic heterocycles. The highest BCUT2D eigenvalue weighted by Crippen LogP contribution is 2.29. The number of sulfonamides is 1. The average Bonchev–Trinajstić information content (AvgIpc) is 2.54. The van der Waals surface area contributed by atoms with Gasteiger partial charge in [-0.15, -0.1) is 0 Å². The molecule has 0 heterocycles. The molecule has 2 aromatic rings. The second-order valence-corrected chi connectivity index (χ2v) is 6.98. The topological polar surface area (TPSA) is 64.6 Å². The quantitative estimate of drug-likeness (QED) is 0.881. The monoisotopic (exact) mass is 335 g/mol. The van der Waals surface area contributed by atoms with Gasteiger partial charge in [0, 0.05) is 12.1 Å². The molecule has 23 heavy (non-hydrogen) atoms. The SMILES string of the molecule is COc1ccc(S(=O)(=O)N[C@H](C)c2ccc(C)cc2)cc1OC. The van der Waals surface area contributed by atoms with E-state index < -0.39 is 10.0 Å². The minimum Gasteiger partial charge on any atom is -0.493 e. The summed E-state index contributed by atoms with van der Waals surface area (Å²) in [5.41, 5.74) is 2.03. The van der Waals surface area contributed by atoms with Crippen LogP contribution in [0, 0.1) is 6.92 Å². The molecule has 6 heteroatoms. The first-order chi connectivity index (χ1) is 10.9. The number of methoxy groups -OCH3 is 2. The Labute approximate surface area is 137 Å². The highest BCUT2D eigenvalue weighted by atomic mass is 32.2. The Morgan fingerprint density at radius 2 is 1.57 bits per heavy atom. The summed E-state index contributed by atoms with van der Waals surface area (Å²) in [6, 6.07) is 11.9. The van der Waals surface area contributed by atoms with E-state index in [9.17, 15) is 8.42 Å². The maximum atomic E-state index is 12.5. The Balaban J connectivity index is 2.26. The predicted molar refractivity (Wildman–Crippen MR) is 89.5 cm³/mol. The molecule has 0 aliphatic heterocycles. The van der Waals surface area contributed by atoms with Crippen LogP contribution in [0.4, 0.5) is 0 Å². The molecule has 0 bridgehead atoms. The fourth-order valence-corrected chi connectivity index (χ4v) is 3.45. The molecule has 1 atom stereocenters. The summed E-state index contributed by atoms with van der Waals surface area (Å²) in [6.07, 6.45) is 0. The van der Waals surface area contributed by atoms with Gasteiger partial charge in [0.15, 0.2) is 11.5 Å². The van der Waals surface area contributed by atoms with Crippen LogP contribution in [0.5, 0.6) is 11.5 Å². The molecule has 0 aliphatic rings. The van der Waals surface area contributed by atoms with Crippen molar-refractivity contribution >= 4 is 10.0 Å². The van der Waals surface area contributed by atoms with Crippen molar-refractivity contribution in [2.24, 2.45) is 0 Å². The fraction of sp³-hybridized carbons (Fsp3) is 0.294. The standard InChI is InChI=1S/C17H21NO4S/c1-12-5-7-14(8-6-12)13(2)18-23(19,20)15-9-10-16(21-3)17(11-15)22-4/h5-11,13,18H,1-4H3/t13-/m1/s1. The Morgan fingerprint density at radius 1 is 0.957 bits per heavy atom. The van der Waals surface area contributed by atoms with E-state index in [-0.39, 0.29) is 10.9 Å². The Morgan fingerprint density at radius 3 is 2.13 bits per heavy atom. The van der Waals surface area contributed by atoms with Crippen LogP contribution in [0.15, 0.2) is 47.4 Å². The molecular weight excluding hydrogens is 314 g/mol. The van der Waals surface area contributed by atoms with Gasteiger partial charge in [0.1, 0.15) is 0 Å². The summed E-state index contributed by atoms with van der Waals surface area (Å²) >= 11 is 0. The Hall–Kier alpha value is -2.05. The first-order valence-corrected chi connectivity index (χ1v) is 8.66. The van der Waals surface area contributed by atoms with Crippen molar-refractivity contribution in [1.82, 2.24) is 4.72 Å². The third-order valence-electron chi connectivity index (χ3n) is 3.57. The van der Waals surface area contributed by atoms with Crippen LogP contribution in [0.3, 0.4) is 0 Å². The third kappa shape index (κ3) is 4.03. The summed E-state index contributed by atoms with van der Waals surface area (Å²) in [6.45, 7) is 3.80. The molecule has 2 aromatic carbocycles. The molecule has 0 saturated carbocycles. The van der Waals surface area contributed by atoms with Crippen LogP contribution < -0.4 is 14.2 Å². The van der Waals surface area contributed by atoms with Crippen LogP contribution in [-0.2, 0) is 10.0 Å². The van der Waals surface area contributed by atoms with E-state index in [2.05, 4.69) is 4.72 Å². The van der Waals surface area contributed by atoms with E-state index in [0.29, 0.717) is 11.5 Å². The number of benzene rings is 2. The number of hydrogen-bond acceptors (Lipinski definition) is 4. The molecule has 0 saturated heterocycles. The lowest BCUT2D eigenvalue weighted by Crippen LogP contribution is -2.26. The highest BCUT2D eigenvalue weighted by molar-refractivity contribution is 7.89. The van der Waals surface area contributed by atoms with E-state index in [0.717, 1.165) is 11.1 Å². The summed E-state index contributed by atoms with van der Waals surface area (Å²) in [4.78, 5) is 0.133. The lowest BCUT2D eigenvalue weighted by molar-refractivity contribution is 0.354. The number of aryl methyl sites for hydroxylation is 1. The van der Waals surface area contributed by atoms with Crippen molar-refractivity contribution in [3.63, 3.8) is 0 Å². The van der Waals surface area contributed by atoms with Gasteiger partial charge in [-0.05, 0) is 31.5 Å². The van der Waals surface area contributed by atoms with Gasteiger partial charge in [-0.1, -0.05) is 29.8 Å². The van der Waals surface area contributed by atoms with Crippen molar-refractivity contribution in [2.75, 3.05) is 14.2 Å². The summed E-state index contributed by atoms with van der Waals surface area (Å²) in [5.74, 6) is 0.858. The first-order valence-electron chi connectivity index (χ1n) is 7.18. The van der Waals surface area contributed by atoms with Crippen molar-refractivity contribution in [2.45, 2.75) is 24.8 Å². The fourth-order valence-electron chi connectivity index (χ4n) is 2.21. The van der Waals surface area contributed by atoms with Gasteiger partial charge in [-0.25, -0.2) is 13.1 Å². The zero-order valence-electron chi connectivity index (χ0n) is 13.7. The molecular formula is C17H21NO4S. The molecule has 0 amide bonds. The molecule has 124 valence electrons. The van der Waals surface area contributed by atoms with Crippen LogP contribution in [0.1, 0.15) is 24.1 Å². The molecule has 2 rings (SSSR count). The van der Waals surface area contributed by atoms with E-state index in [1.807, 2.05) is 38.1 Å². The van der Waals surface area contributed by atoms with Crippen molar-refractivity contribution in [3.8, 4) is 11.5 Å². The maximum absolute atomic E-state index is 12.5. The van der Waals surface area contributed by atoms with E-state index >= 15 is 0 Å². The lowest BCUT2D eigenvalue weighted by atomic mass is 10.1. The van der Waals surface area contributed by atoms with Crippen LogP contribution in [0.25, 0.3) is 0 Å². The third-order valence-corrected chi connectivity index (χ3v) is 5.11. The van der Waals surface area contributed by atoms with Gasteiger partial charge < -0.3 is 9.47 Å². The molecule has 0 radical (unpaired) electrons. The number of hydrogen-bond donors (Lipinski definition) is 1. The summed E-state index contributed by atoms with van der Waals surface area (Å²) in [7, 11) is -0.688. The van der Waals surface area contributed by atoms with Crippen LogP contribution >= 0.6 is 0 Å². The number of nitrogens with one attached hydrogen (secondary N) is 1. The zero-order valence-corrected chi connectivity index (χ0v) is 14.5. The minimum absolute atomic E-state index is 0.133. The molecule has 0 unspecified atom stereocenters. The van der Waals surface area contributed by atoms with Crippen LogP contribution in [0.2, 0.25) is 0 Å². The molecule has 5 nitrogen and oxygen atoms in total. The van der Waals surface area contributed by atoms with Gasteiger partial charge in [0.2, 0.25) is 10.0 Å². The van der Waals surface area contributed by atoms with Gasteiger partial charge in [-0.3, -0.25) is 0 Å². The molecule has 1 N–H and O–H groups in total. The maximum Gasteiger partial charge on any atom is 0.241 e. The predicted octanol–water partition coefficient (Wildman–Crippen LogP) is 3.05. The summed E-state index contributed by atoms with van der Waals surface area (Å²) < 4.78 is 38.0. The second kappa shape index (κ2) is 7.02. The van der Waals surface area contributed by atoms with E-state index in [1.54, 1.807) is 6.07 Å². The van der Waals surface area contributed by atoms with Gasteiger partial charge in [-0.2, -0.15) is 0 Å². The van der Waals surface area contributed by atoms with Crippen LogP contribution in [-0.4, -0.2) is 22.6 Å². The average molecular weight is 335 g/mol. The normalized spacial score (nSPS) is 12.7. The molecule has 0 aliphatic carbocycles.